The van der Waals surface area contributed by atoms with Gasteiger partial charge in [0, 0.05) is 31.2 Å². The lowest BCUT2D eigenvalue weighted by Crippen LogP contribution is -2.54. The summed E-state index contributed by atoms with van der Waals surface area (Å²) >= 11 is 0. The van der Waals surface area contributed by atoms with Crippen LogP contribution in [0.15, 0.2) is 24.3 Å². The van der Waals surface area contributed by atoms with Crippen LogP contribution in [0.3, 0.4) is 0 Å². The van der Waals surface area contributed by atoms with Gasteiger partial charge in [-0.05, 0) is 38.5 Å². The molecular formula is C15H21N3. The summed E-state index contributed by atoms with van der Waals surface area (Å²) in [6, 6.07) is 11.6. The van der Waals surface area contributed by atoms with Crippen molar-refractivity contribution in [3.63, 3.8) is 0 Å². The number of rotatable bonds is 2. The average Bonchev–Trinajstić information content (AvgIpc) is 2.41. The van der Waals surface area contributed by atoms with Crippen LogP contribution in [0.25, 0.3) is 0 Å². The molecule has 1 N–H and O–H groups in total. The van der Waals surface area contributed by atoms with Crippen molar-refractivity contribution in [3.8, 4) is 6.07 Å². The van der Waals surface area contributed by atoms with Crippen LogP contribution in [0, 0.1) is 11.3 Å². The molecule has 1 aromatic rings. The molecule has 1 saturated heterocycles. The zero-order chi connectivity index (χ0) is 13.1. The Kier molecular flexibility index (Phi) is 4.00. The maximum absolute atomic E-state index is 8.97. The highest BCUT2D eigenvalue weighted by Crippen LogP contribution is 2.24. The van der Waals surface area contributed by atoms with E-state index in [9.17, 15) is 0 Å². The van der Waals surface area contributed by atoms with E-state index < -0.39 is 0 Å². The highest BCUT2D eigenvalue weighted by atomic mass is 15.2. The van der Waals surface area contributed by atoms with Gasteiger partial charge in [0.05, 0.1) is 11.6 Å². The monoisotopic (exact) mass is 243 g/mol. The molecule has 0 bridgehead atoms. The van der Waals surface area contributed by atoms with Crippen LogP contribution in [0.2, 0.25) is 0 Å². The van der Waals surface area contributed by atoms with E-state index in [4.69, 9.17) is 5.26 Å². The summed E-state index contributed by atoms with van der Waals surface area (Å²) in [7, 11) is 0. The number of piperazine rings is 1. The summed E-state index contributed by atoms with van der Waals surface area (Å²) in [5.74, 6) is 0. The molecule has 18 heavy (non-hydrogen) atoms. The van der Waals surface area contributed by atoms with Crippen molar-refractivity contribution in [2.24, 2.45) is 0 Å². The highest BCUT2D eigenvalue weighted by Gasteiger charge is 2.27. The van der Waals surface area contributed by atoms with Crippen LogP contribution in [0.5, 0.6) is 0 Å². The summed E-state index contributed by atoms with van der Waals surface area (Å²) in [6.07, 6.45) is 0. The van der Waals surface area contributed by atoms with Gasteiger partial charge in [0.1, 0.15) is 0 Å². The largest absolute Gasteiger partial charge is 0.311 e. The van der Waals surface area contributed by atoms with Crippen molar-refractivity contribution in [2.75, 3.05) is 13.1 Å². The first-order valence-electron chi connectivity index (χ1n) is 6.61. The molecule has 0 amide bonds. The molecule has 3 atom stereocenters. The average molecular weight is 243 g/mol. The Hall–Kier alpha value is -1.37. The van der Waals surface area contributed by atoms with Crippen LogP contribution in [0.4, 0.5) is 0 Å². The van der Waals surface area contributed by atoms with E-state index in [0.29, 0.717) is 18.1 Å². The van der Waals surface area contributed by atoms with Crippen molar-refractivity contribution in [1.82, 2.24) is 10.2 Å². The Bertz CT molecular complexity index is 449. The Balaban J connectivity index is 2.19. The fourth-order valence-corrected chi connectivity index (χ4v) is 2.65. The molecule has 0 spiro atoms. The van der Waals surface area contributed by atoms with E-state index in [-0.39, 0.29) is 0 Å². The van der Waals surface area contributed by atoms with Gasteiger partial charge >= 0.3 is 0 Å². The summed E-state index contributed by atoms with van der Waals surface area (Å²) in [5, 5.41) is 12.5. The third-order valence-electron chi connectivity index (χ3n) is 3.81. The first-order chi connectivity index (χ1) is 8.61. The topological polar surface area (TPSA) is 39.1 Å². The van der Waals surface area contributed by atoms with Gasteiger partial charge in [-0.2, -0.15) is 5.26 Å². The standard InChI is InChI=1S/C15H21N3/c1-11-10-18(12(2)9-17-11)13(3)15-6-4-5-14(7-15)8-16/h4-7,11-13,17H,9-10H2,1-3H3. The number of nitrogens with one attached hydrogen (secondary N) is 1. The normalized spacial score (nSPS) is 26.6. The van der Waals surface area contributed by atoms with Gasteiger partial charge in [-0.25, -0.2) is 0 Å². The second-order valence-corrected chi connectivity index (χ2v) is 5.27. The molecule has 2 rings (SSSR count). The maximum atomic E-state index is 8.97. The summed E-state index contributed by atoms with van der Waals surface area (Å²) in [6.45, 7) is 8.79. The summed E-state index contributed by atoms with van der Waals surface area (Å²) in [4.78, 5) is 2.51. The van der Waals surface area contributed by atoms with Crippen LogP contribution in [-0.2, 0) is 0 Å². The molecule has 1 aliphatic rings. The highest BCUT2D eigenvalue weighted by molar-refractivity contribution is 5.34. The van der Waals surface area contributed by atoms with Gasteiger partial charge in [-0.1, -0.05) is 12.1 Å². The minimum absolute atomic E-state index is 0.359. The van der Waals surface area contributed by atoms with Gasteiger partial charge in [-0.3, -0.25) is 4.90 Å². The molecule has 1 heterocycles. The number of benzene rings is 1. The summed E-state index contributed by atoms with van der Waals surface area (Å²) in [5.41, 5.74) is 1.98. The molecule has 3 nitrogen and oxygen atoms in total. The molecule has 1 aliphatic heterocycles. The molecule has 0 saturated carbocycles. The van der Waals surface area contributed by atoms with Crippen LogP contribution in [-0.4, -0.2) is 30.1 Å². The second kappa shape index (κ2) is 5.51. The fourth-order valence-electron chi connectivity index (χ4n) is 2.65. The first-order valence-corrected chi connectivity index (χ1v) is 6.61. The predicted molar refractivity (Wildman–Crippen MR) is 73.2 cm³/mol. The Morgan fingerprint density at radius 3 is 2.94 bits per heavy atom. The Labute approximate surface area is 109 Å². The molecule has 1 aromatic carbocycles. The summed E-state index contributed by atoms with van der Waals surface area (Å²) < 4.78 is 0. The zero-order valence-corrected chi connectivity index (χ0v) is 11.4. The van der Waals surface area contributed by atoms with Crippen LogP contribution < -0.4 is 5.32 Å². The van der Waals surface area contributed by atoms with Gasteiger partial charge in [-0.15, -0.1) is 0 Å². The molecule has 3 heteroatoms. The van der Waals surface area contributed by atoms with E-state index >= 15 is 0 Å². The van der Waals surface area contributed by atoms with Crippen molar-refractivity contribution in [2.45, 2.75) is 38.9 Å². The van der Waals surface area contributed by atoms with E-state index in [1.165, 1.54) is 5.56 Å². The van der Waals surface area contributed by atoms with E-state index in [2.05, 4.69) is 43.1 Å². The zero-order valence-electron chi connectivity index (χ0n) is 11.4. The molecule has 96 valence electrons. The molecule has 0 radical (unpaired) electrons. The third-order valence-corrected chi connectivity index (χ3v) is 3.81. The van der Waals surface area contributed by atoms with Gasteiger partial charge in [0.25, 0.3) is 0 Å². The van der Waals surface area contributed by atoms with E-state index in [1.807, 2.05) is 18.2 Å². The smallest absolute Gasteiger partial charge is 0.0991 e. The molecule has 1 fully saturated rings. The fraction of sp³-hybridized carbons (Fsp3) is 0.533. The number of hydrogen-bond donors (Lipinski definition) is 1. The van der Waals surface area contributed by atoms with Crippen molar-refractivity contribution in [3.05, 3.63) is 35.4 Å². The molecule has 3 unspecified atom stereocenters. The van der Waals surface area contributed by atoms with Crippen LogP contribution >= 0.6 is 0 Å². The van der Waals surface area contributed by atoms with E-state index in [0.717, 1.165) is 18.7 Å². The molecule has 0 aromatic heterocycles. The third kappa shape index (κ3) is 2.72. The van der Waals surface area contributed by atoms with Crippen molar-refractivity contribution in [1.29, 1.82) is 5.26 Å². The number of hydrogen-bond acceptors (Lipinski definition) is 3. The predicted octanol–water partition coefficient (Wildman–Crippen LogP) is 2.30. The van der Waals surface area contributed by atoms with Crippen LogP contribution in [0.1, 0.15) is 37.9 Å². The molecular weight excluding hydrogens is 222 g/mol. The number of nitriles is 1. The second-order valence-electron chi connectivity index (χ2n) is 5.27. The Morgan fingerprint density at radius 2 is 2.22 bits per heavy atom. The Morgan fingerprint density at radius 1 is 1.44 bits per heavy atom. The first kappa shape index (κ1) is 13.1. The van der Waals surface area contributed by atoms with Gasteiger partial charge in [0.15, 0.2) is 0 Å². The van der Waals surface area contributed by atoms with Crippen molar-refractivity contribution < 1.29 is 0 Å². The number of nitrogens with zero attached hydrogens (tertiary/aromatic N) is 2. The molecule has 0 aliphatic carbocycles. The van der Waals surface area contributed by atoms with Crippen molar-refractivity contribution >= 4 is 0 Å². The lowest BCUT2D eigenvalue weighted by molar-refractivity contribution is 0.103. The van der Waals surface area contributed by atoms with Gasteiger partial charge in [0.2, 0.25) is 0 Å². The minimum atomic E-state index is 0.359. The maximum Gasteiger partial charge on any atom is 0.0991 e. The quantitative estimate of drug-likeness (QED) is 0.866. The minimum Gasteiger partial charge on any atom is -0.311 e. The lowest BCUT2D eigenvalue weighted by atomic mass is 10.0. The van der Waals surface area contributed by atoms with E-state index in [1.54, 1.807) is 0 Å². The lowest BCUT2D eigenvalue weighted by Gasteiger charge is -2.41. The SMILES string of the molecule is CC1CN(C(C)c2cccc(C#N)c2)C(C)CN1. The van der Waals surface area contributed by atoms with Gasteiger partial charge < -0.3 is 5.32 Å².